The van der Waals surface area contributed by atoms with Crippen LogP contribution in [-0.2, 0) is 4.79 Å². The Balaban J connectivity index is 1.90. The molecule has 1 aliphatic heterocycles. The van der Waals surface area contributed by atoms with E-state index in [-0.39, 0.29) is 0 Å². The molecule has 1 aliphatic carbocycles. The molecule has 74 valence electrons. The van der Waals surface area contributed by atoms with Crippen molar-refractivity contribution in [3.05, 3.63) is 0 Å². The number of fused-ring (bicyclic) bond motifs is 1. The van der Waals surface area contributed by atoms with E-state index in [0.29, 0.717) is 23.8 Å². The standard InChI is InChI=1S/C10H18N2O/c1-7(11-2)5-12-6-8-3-4-9(8)10(12)13/h7-9,11H,3-6H2,1-2H3. The molecule has 3 atom stereocenters. The monoisotopic (exact) mass is 182 g/mol. The SMILES string of the molecule is CNC(C)CN1CC2CCC2C1=O. The van der Waals surface area contributed by atoms with Gasteiger partial charge in [0.1, 0.15) is 0 Å². The smallest absolute Gasteiger partial charge is 0.226 e. The minimum atomic E-state index is 0.393. The molecule has 1 saturated heterocycles. The van der Waals surface area contributed by atoms with Crippen LogP contribution in [0.3, 0.4) is 0 Å². The molecule has 0 spiro atoms. The van der Waals surface area contributed by atoms with Crippen LogP contribution in [0.5, 0.6) is 0 Å². The van der Waals surface area contributed by atoms with Gasteiger partial charge in [0, 0.05) is 25.0 Å². The van der Waals surface area contributed by atoms with Crippen LogP contribution in [0.15, 0.2) is 0 Å². The van der Waals surface area contributed by atoms with Crippen molar-refractivity contribution in [3.8, 4) is 0 Å². The predicted octanol–water partition coefficient (Wildman–Crippen LogP) is 0.463. The summed E-state index contributed by atoms with van der Waals surface area (Å²) in [5.74, 6) is 1.49. The van der Waals surface area contributed by atoms with Gasteiger partial charge in [0.2, 0.25) is 5.91 Å². The van der Waals surface area contributed by atoms with E-state index in [1.807, 2.05) is 11.9 Å². The summed E-state index contributed by atoms with van der Waals surface area (Å²) in [5.41, 5.74) is 0. The topological polar surface area (TPSA) is 32.3 Å². The Bertz CT molecular complexity index is 217. The van der Waals surface area contributed by atoms with Crippen molar-refractivity contribution in [1.82, 2.24) is 10.2 Å². The maximum atomic E-state index is 11.7. The number of rotatable bonds is 3. The highest BCUT2D eigenvalue weighted by atomic mass is 16.2. The zero-order valence-corrected chi connectivity index (χ0v) is 8.42. The summed E-state index contributed by atoms with van der Waals surface area (Å²) in [6.45, 7) is 4.01. The van der Waals surface area contributed by atoms with Crippen LogP contribution in [0.1, 0.15) is 19.8 Å². The van der Waals surface area contributed by atoms with Crippen LogP contribution >= 0.6 is 0 Å². The lowest BCUT2D eigenvalue weighted by Crippen LogP contribution is -2.38. The third-order valence-electron chi connectivity index (χ3n) is 3.49. The highest BCUT2D eigenvalue weighted by Crippen LogP contribution is 2.41. The summed E-state index contributed by atoms with van der Waals surface area (Å²) in [7, 11) is 1.94. The van der Waals surface area contributed by atoms with Crippen molar-refractivity contribution in [2.24, 2.45) is 11.8 Å². The third-order valence-corrected chi connectivity index (χ3v) is 3.49. The zero-order valence-electron chi connectivity index (χ0n) is 8.42. The lowest BCUT2D eigenvalue weighted by Gasteiger charge is -2.25. The summed E-state index contributed by atoms with van der Waals surface area (Å²) in [5, 5.41) is 3.17. The Morgan fingerprint density at radius 3 is 2.77 bits per heavy atom. The Labute approximate surface area is 79.5 Å². The van der Waals surface area contributed by atoms with Crippen LogP contribution in [-0.4, -0.2) is 37.0 Å². The van der Waals surface area contributed by atoms with E-state index in [0.717, 1.165) is 19.5 Å². The lowest BCUT2D eigenvalue weighted by molar-refractivity contribution is -0.132. The molecule has 2 rings (SSSR count). The van der Waals surface area contributed by atoms with Crippen molar-refractivity contribution in [3.63, 3.8) is 0 Å². The molecule has 2 fully saturated rings. The predicted molar refractivity (Wildman–Crippen MR) is 51.3 cm³/mol. The number of carbonyl (C=O) groups excluding carboxylic acids is 1. The molecule has 1 heterocycles. The van der Waals surface area contributed by atoms with E-state index in [9.17, 15) is 4.79 Å². The zero-order chi connectivity index (χ0) is 9.42. The van der Waals surface area contributed by atoms with Gasteiger partial charge in [0.05, 0.1) is 0 Å². The highest BCUT2D eigenvalue weighted by Gasteiger charge is 2.45. The molecule has 0 radical (unpaired) electrons. The number of hydrogen-bond donors (Lipinski definition) is 1. The van der Waals surface area contributed by atoms with Crippen molar-refractivity contribution >= 4 is 5.91 Å². The molecular formula is C10H18N2O. The molecule has 1 amide bonds. The number of nitrogens with one attached hydrogen (secondary N) is 1. The van der Waals surface area contributed by atoms with E-state index in [1.54, 1.807) is 0 Å². The third kappa shape index (κ3) is 1.46. The summed E-state index contributed by atoms with van der Waals surface area (Å²) >= 11 is 0. The van der Waals surface area contributed by atoms with Gasteiger partial charge in [-0.1, -0.05) is 0 Å². The average Bonchev–Trinajstić information content (AvgIpc) is 2.27. The fourth-order valence-electron chi connectivity index (χ4n) is 2.31. The summed E-state index contributed by atoms with van der Waals surface area (Å²) in [6.07, 6.45) is 2.40. The summed E-state index contributed by atoms with van der Waals surface area (Å²) < 4.78 is 0. The summed E-state index contributed by atoms with van der Waals surface area (Å²) in [4.78, 5) is 13.7. The Morgan fingerprint density at radius 1 is 1.62 bits per heavy atom. The fourth-order valence-corrected chi connectivity index (χ4v) is 2.31. The quantitative estimate of drug-likeness (QED) is 0.688. The number of carbonyl (C=O) groups is 1. The van der Waals surface area contributed by atoms with E-state index >= 15 is 0 Å². The largest absolute Gasteiger partial charge is 0.341 e. The van der Waals surface area contributed by atoms with Gasteiger partial charge in [0.15, 0.2) is 0 Å². The molecule has 3 heteroatoms. The molecular weight excluding hydrogens is 164 g/mol. The van der Waals surface area contributed by atoms with Gasteiger partial charge >= 0.3 is 0 Å². The van der Waals surface area contributed by atoms with Crippen LogP contribution in [0.4, 0.5) is 0 Å². The molecule has 1 saturated carbocycles. The molecule has 3 nitrogen and oxygen atoms in total. The van der Waals surface area contributed by atoms with Gasteiger partial charge in [-0.05, 0) is 32.7 Å². The van der Waals surface area contributed by atoms with Crippen LogP contribution in [0, 0.1) is 11.8 Å². The minimum absolute atomic E-state index is 0.393. The highest BCUT2D eigenvalue weighted by molar-refractivity contribution is 5.82. The first-order valence-electron chi connectivity index (χ1n) is 5.18. The van der Waals surface area contributed by atoms with Gasteiger partial charge in [-0.3, -0.25) is 4.79 Å². The second-order valence-corrected chi connectivity index (χ2v) is 4.38. The average molecular weight is 182 g/mol. The Hall–Kier alpha value is -0.570. The fraction of sp³-hybridized carbons (Fsp3) is 0.900. The number of likely N-dealkylation sites (tertiary alicyclic amines) is 1. The molecule has 13 heavy (non-hydrogen) atoms. The van der Waals surface area contributed by atoms with E-state index in [4.69, 9.17) is 0 Å². The van der Waals surface area contributed by atoms with E-state index in [2.05, 4.69) is 12.2 Å². The number of likely N-dealkylation sites (N-methyl/N-ethyl adjacent to an activating group) is 1. The van der Waals surface area contributed by atoms with Gasteiger partial charge in [0.25, 0.3) is 0 Å². The first-order chi connectivity index (χ1) is 6.22. The van der Waals surface area contributed by atoms with E-state index < -0.39 is 0 Å². The second-order valence-electron chi connectivity index (χ2n) is 4.38. The Kier molecular flexibility index (Phi) is 2.28. The number of nitrogens with zero attached hydrogens (tertiary/aromatic N) is 1. The molecule has 0 bridgehead atoms. The van der Waals surface area contributed by atoms with Crippen molar-refractivity contribution in [2.45, 2.75) is 25.8 Å². The molecule has 2 aliphatic rings. The van der Waals surface area contributed by atoms with Crippen LogP contribution in [0.2, 0.25) is 0 Å². The number of hydrogen-bond acceptors (Lipinski definition) is 2. The molecule has 0 aromatic rings. The second kappa shape index (κ2) is 3.29. The summed E-state index contributed by atoms with van der Waals surface area (Å²) in [6, 6.07) is 0.418. The molecule has 0 aromatic heterocycles. The van der Waals surface area contributed by atoms with Gasteiger partial charge < -0.3 is 10.2 Å². The first kappa shape index (κ1) is 9.00. The van der Waals surface area contributed by atoms with Crippen molar-refractivity contribution in [2.75, 3.05) is 20.1 Å². The van der Waals surface area contributed by atoms with Crippen molar-refractivity contribution in [1.29, 1.82) is 0 Å². The van der Waals surface area contributed by atoms with E-state index in [1.165, 1.54) is 6.42 Å². The minimum Gasteiger partial charge on any atom is -0.341 e. The molecule has 1 N–H and O–H groups in total. The molecule has 3 unspecified atom stereocenters. The van der Waals surface area contributed by atoms with Crippen LogP contribution in [0.25, 0.3) is 0 Å². The van der Waals surface area contributed by atoms with Gasteiger partial charge in [-0.2, -0.15) is 0 Å². The lowest BCUT2D eigenvalue weighted by atomic mass is 9.76. The van der Waals surface area contributed by atoms with Crippen LogP contribution < -0.4 is 5.32 Å². The normalized spacial score (nSPS) is 34.3. The van der Waals surface area contributed by atoms with Gasteiger partial charge in [-0.25, -0.2) is 0 Å². The van der Waals surface area contributed by atoms with Gasteiger partial charge in [-0.15, -0.1) is 0 Å². The Morgan fingerprint density at radius 2 is 2.38 bits per heavy atom. The molecule has 0 aromatic carbocycles. The number of amides is 1. The maximum Gasteiger partial charge on any atom is 0.226 e. The van der Waals surface area contributed by atoms with Crippen molar-refractivity contribution < 1.29 is 4.79 Å². The maximum absolute atomic E-state index is 11.7. The first-order valence-corrected chi connectivity index (χ1v) is 5.18.